The van der Waals surface area contributed by atoms with E-state index in [2.05, 4.69) is 28.7 Å². The Morgan fingerprint density at radius 2 is 1.41 bits per heavy atom. The summed E-state index contributed by atoms with van der Waals surface area (Å²) in [5.74, 6) is 6.28. The third-order valence-corrected chi connectivity index (χ3v) is 6.08. The van der Waals surface area contributed by atoms with Crippen molar-refractivity contribution in [2.24, 2.45) is 0 Å². The van der Waals surface area contributed by atoms with Crippen molar-refractivity contribution < 1.29 is 8.42 Å². The van der Waals surface area contributed by atoms with Gasteiger partial charge in [-0.05, 0) is 43.5 Å². The van der Waals surface area contributed by atoms with Gasteiger partial charge in [-0.2, -0.15) is 4.72 Å². The molecule has 3 nitrogen and oxygen atoms in total. The molecule has 4 heteroatoms. The van der Waals surface area contributed by atoms with E-state index >= 15 is 0 Å². The van der Waals surface area contributed by atoms with Gasteiger partial charge in [0.15, 0.2) is 0 Å². The zero-order valence-corrected chi connectivity index (χ0v) is 17.5. The molecule has 0 bridgehead atoms. The molecule has 1 atom stereocenters. The summed E-state index contributed by atoms with van der Waals surface area (Å²) in [6.45, 7) is 3.93. The van der Waals surface area contributed by atoms with Gasteiger partial charge < -0.3 is 0 Å². The first-order valence-corrected chi connectivity index (χ1v) is 11.1. The average molecular weight is 404 g/mol. The molecule has 3 aromatic carbocycles. The fraction of sp³-hybridized carbons (Fsp3) is 0.200. The van der Waals surface area contributed by atoms with Crippen molar-refractivity contribution >= 4 is 10.0 Å². The highest BCUT2D eigenvalue weighted by Gasteiger charge is 2.20. The molecule has 0 aliphatic carbocycles. The monoisotopic (exact) mass is 403 g/mol. The first-order chi connectivity index (χ1) is 13.9. The van der Waals surface area contributed by atoms with Crippen LogP contribution in [-0.4, -0.2) is 8.42 Å². The van der Waals surface area contributed by atoms with Gasteiger partial charge in [-0.15, -0.1) is 5.92 Å². The summed E-state index contributed by atoms with van der Waals surface area (Å²) in [5, 5.41) is 0. The van der Waals surface area contributed by atoms with Gasteiger partial charge in [-0.3, -0.25) is 0 Å². The van der Waals surface area contributed by atoms with Crippen LogP contribution < -0.4 is 4.72 Å². The van der Waals surface area contributed by atoms with Crippen molar-refractivity contribution in [3.05, 3.63) is 101 Å². The maximum Gasteiger partial charge on any atom is 0.241 e. The minimum absolute atomic E-state index is 0.242. The zero-order chi connectivity index (χ0) is 20.7. The Hall–Kier alpha value is -2.87. The molecule has 0 spiro atoms. The summed E-state index contributed by atoms with van der Waals surface area (Å²) in [6, 6.07) is 24.1. The lowest BCUT2D eigenvalue weighted by Gasteiger charge is -2.15. The van der Waals surface area contributed by atoms with Gasteiger partial charge in [0.1, 0.15) is 6.04 Å². The highest BCUT2D eigenvalue weighted by Crippen LogP contribution is 2.18. The molecule has 0 radical (unpaired) electrons. The Labute approximate surface area is 173 Å². The molecule has 29 heavy (non-hydrogen) atoms. The predicted octanol–water partition coefficient (Wildman–Crippen LogP) is 4.96. The molecule has 0 aliphatic rings. The fourth-order valence-electron chi connectivity index (χ4n) is 2.91. The van der Waals surface area contributed by atoms with Crippen LogP contribution in [0, 0.1) is 25.7 Å². The van der Waals surface area contributed by atoms with E-state index in [-0.39, 0.29) is 4.90 Å². The molecule has 3 rings (SSSR count). The number of hydrogen-bond donors (Lipinski definition) is 1. The van der Waals surface area contributed by atoms with Crippen LogP contribution in [-0.2, 0) is 16.4 Å². The van der Waals surface area contributed by atoms with Crippen molar-refractivity contribution in [1.82, 2.24) is 4.72 Å². The molecule has 0 fully saturated rings. The quantitative estimate of drug-likeness (QED) is 0.591. The average Bonchev–Trinajstić information content (AvgIpc) is 2.72. The van der Waals surface area contributed by atoms with E-state index in [1.165, 1.54) is 5.56 Å². The first-order valence-electron chi connectivity index (χ1n) is 9.62. The van der Waals surface area contributed by atoms with E-state index in [1.807, 2.05) is 56.3 Å². The topological polar surface area (TPSA) is 46.2 Å². The summed E-state index contributed by atoms with van der Waals surface area (Å²) in [7, 11) is -3.68. The fourth-order valence-corrected chi connectivity index (χ4v) is 4.04. The van der Waals surface area contributed by atoms with Crippen molar-refractivity contribution in [3.8, 4) is 11.8 Å². The maximum absolute atomic E-state index is 12.9. The van der Waals surface area contributed by atoms with E-state index in [0.29, 0.717) is 6.42 Å². The Bertz CT molecular complexity index is 1090. The van der Waals surface area contributed by atoms with Gasteiger partial charge in [-0.25, -0.2) is 8.42 Å². The number of nitrogens with one attached hydrogen (secondary N) is 1. The summed E-state index contributed by atoms with van der Waals surface area (Å²) < 4.78 is 28.5. The highest BCUT2D eigenvalue weighted by molar-refractivity contribution is 7.89. The van der Waals surface area contributed by atoms with Crippen LogP contribution in [0.5, 0.6) is 0 Å². The van der Waals surface area contributed by atoms with Crippen molar-refractivity contribution in [1.29, 1.82) is 0 Å². The molecule has 0 aromatic heterocycles. The van der Waals surface area contributed by atoms with E-state index in [4.69, 9.17) is 0 Å². The lowest BCUT2D eigenvalue weighted by molar-refractivity contribution is 0.576. The largest absolute Gasteiger partial charge is 0.241 e. The molecule has 0 amide bonds. The molecule has 0 unspecified atom stereocenters. The molecule has 148 valence electrons. The van der Waals surface area contributed by atoms with E-state index in [9.17, 15) is 8.42 Å². The Morgan fingerprint density at radius 3 is 2.03 bits per heavy atom. The van der Waals surface area contributed by atoms with Gasteiger partial charge in [-0.1, -0.05) is 83.8 Å². The molecular weight excluding hydrogens is 378 g/mol. The van der Waals surface area contributed by atoms with Crippen LogP contribution >= 0.6 is 0 Å². The lowest BCUT2D eigenvalue weighted by Crippen LogP contribution is -2.28. The van der Waals surface area contributed by atoms with Gasteiger partial charge >= 0.3 is 0 Å². The van der Waals surface area contributed by atoms with Crippen molar-refractivity contribution in [2.45, 2.75) is 37.6 Å². The number of rotatable bonds is 6. The zero-order valence-electron chi connectivity index (χ0n) is 16.7. The van der Waals surface area contributed by atoms with Crippen LogP contribution in [0.2, 0.25) is 0 Å². The smallest absolute Gasteiger partial charge is 0.207 e. The summed E-state index contributed by atoms with van der Waals surface area (Å²) >= 11 is 0. The summed E-state index contributed by atoms with van der Waals surface area (Å²) in [5.41, 5.74) is 4.18. The highest BCUT2D eigenvalue weighted by atomic mass is 32.2. The predicted molar refractivity (Wildman–Crippen MR) is 118 cm³/mol. The lowest BCUT2D eigenvalue weighted by atomic mass is 10.1. The van der Waals surface area contributed by atoms with Crippen LogP contribution in [0.25, 0.3) is 0 Å². The van der Waals surface area contributed by atoms with Crippen LogP contribution in [0.3, 0.4) is 0 Å². The minimum atomic E-state index is -3.68. The van der Waals surface area contributed by atoms with E-state index in [0.717, 1.165) is 23.1 Å². The minimum Gasteiger partial charge on any atom is -0.207 e. The van der Waals surface area contributed by atoms with Crippen LogP contribution in [0.1, 0.15) is 34.7 Å². The second kappa shape index (κ2) is 9.56. The number of benzene rings is 3. The molecular formula is C25H25NO2S. The van der Waals surface area contributed by atoms with E-state index < -0.39 is 16.1 Å². The molecule has 0 aliphatic heterocycles. The molecule has 0 saturated heterocycles. The number of hydrogen-bond acceptors (Lipinski definition) is 2. The van der Waals surface area contributed by atoms with Gasteiger partial charge in [0, 0.05) is 6.42 Å². The summed E-state index contributed by atoms with van der Waals surface area (Å²) in [4.78, 5) is 0.242. The molecule has 0 heterocycles. The Balaban J connectivity index is 1.81. The third kappa shape index (κ3) is 6.05. The SMILES string of the molecule is Cc1ccc([C@@H](C#CCCc2ccccc2)NS(=O)(=O)c2ccc(C)cc2)cc1. The second-order valence-electron chi connectivity index (χ2n) is 7.08. The van der Waals surface area contributed by atoms with E-state index in [1.54, 1.807) is 24.3 Å². The van der Waals surface area contributed by atoms with Crippen LogP contribution in [0.15, 0.2) is 83.8 Å². The standard InChI is InChI=1S/C25H25NO2S/c1-20-12-16-23(17-13-20)25(11-7-6-10-22-8-4-3-5-9-22)26-29(27,28)24-18-14-21(2)15-19-24/h3-5,8-9,12-19,25-26H,6,10H2,1-2H3/t25-/m1/s1. The number of sulfonamides is 1. The first kappa shape index (κ1) is 20.9. The summed E-state index contributed by atoms with van der Waals surface area (Å²) in [6.07, 6.45) is 1.50. The van der Waals surface area contributed by atoms with Crippen molar-refractivity contribution in [3.63, 3.8) is 0 Å². The Morgan fingerprint density at radius 1 is 0.828 bits per heavy atom. The van der Waals surface area contributed by atoms with Crippen LogP contribution in [0.4, 0.5) is 0 Å². The van der Waals surface area contributed by atoms with Gasteiger partial charge in [0.2, 0.25) is 10.0 Å². The number of aryl methyl sites for hydroxylation is 3. The molecule has 1 N–H and O–H groups in total. The second-order valence-corrected chi connectivity index (χ2v) is 8.80. The van der Waals surface area contributed by atoms with Gasteiger partial charge in [0.05, 0.1) is 4.90 Å². The molecule has 0 saturated carbocycles. The van der Waals surface area contributed by atoms with Crippen molar-refractivity contribution in [2.75, 3.05) is 0 Å². The maximum atomic E-state index is 12.9. The molecule has 3 aromatic rings. The normalized spacial score (nSPS) is 12.1. The third-order valence-electron chi connectivity index (χ3n) is 4.64. The Kier molecular flexibility index (Phi) is 6.87. The van der Waals surface area contributed by atoms with Gasteiger partial charge in [0.25, 0.3) is 0 Å².